The summed E-state index contributed by atoms with van der Waals surface area (Å²) in [7, 11) is 1.52. The Morgan fingerprint density at radius 2 is 2.08 bits per heavy atom. The van der Waals surface area contributed by atoms with Crippen LogP contribution in [-0.2, 0) is 4.74 Å². The number of hydrogen-bond donors (Lipinski definition) is 4. The second-order valence-electron chi connectivity index (χ2n) is 2.11. The summed E-state index contributed by atoms with van der Waals surface area (Å²) in [5.41, 5.74) is 5.06. The molecule has 12 heavy (non-hydrogen) atoms. The van der Waals surface area contributed by atoms with Crippen molar-refractivity contribution in [1.82, 2.24) is 10.6 Å². The summed E-state index contributed by atoms with van der Waals surface area (Å²) in [4.78, 5) is 0. The molecule has 0 heterocycles. The first-order valence-electron chi connectivity index (χ1n) is 3.56. The third-order valence-corrected chi connectivity index (χ3v) is 1.43. The Balaban J connectivity index is 3.11. The van der Waals surface area contributed by atoms with Gasteiger partial charge in [-0.3, -0.25) is 5.41 Å². The van der Waals surface area contributed by atoms with Crippen molar-refractivity contribution in [2.24, 2.45) is 5.73 Å². The monoisotopic (exact) mass is 190 g/mol. The van der Waals surface area contributed by atoms with Crippen molar-refractivity contribution in [1.29, 1.82) is 5.41 Å². The molecule has 0 spiro atoms. The molecular formula is C6H14N4OS. The summed E-state index contributed by atoms with van der Waals surface area (Å²) in [5, 5.41) is 12.8. The molecule has 0 aliphatic rings. The van der Waals surface area contributed by atoms with E-state index in [2.05, 4.69) is 10.6 Å². The Kier molecular flexibility index (Phi) is 6.08. The summed E-state index contributed by atoms with van der Waals surface area (Å²) in [6.45, 7) is 1.38. The SMILES string of the molecule is COC(=S)NCCCNC(=N)N. The van der Waals surface area contributed by atoms with E-state index in [0.717, 1.165) is 6.42 Å². The lowest BCUT2D eigenvalue weighted by molar-refractivity contribution is 0.392. The number of rotatable bonds is 4. The third-order valence-electron chi connectivity index (χ3n) is 1.12. The van der Waals surface area contributed by atoms with Crippen molar-refractivity contribution in [3.63, 3.8) is 0 Å². The number of ether oxygens (including phenoxy) is 1. The van der Waals surface area contributed by atoms with E-state index in [0.29, 0.717) is 18.3 Å². The first-order valence-corrected chi connectivity index (χ1v) is 3.97. The van der Waals surface area contributed by atoms with Crippen molar-refractivity contribution < 1.29 is 4.74 Å². The van der Waals surface area contributed by atoms with Gasteiger partial charge in [-0.15, -0.1) is 0 Å². The molecule has 0 saturated carbocycles. The number of methoxy groups -OCH3 is 1. The Hall–Kier alpha value is -1.04. The topological polar surface area (TPSA) is 83.2 Å². The van der Waals surface area contributed by atoms with Crippen molar-refractivity contribution in [2.75, 3.05) is 20.2 Å². The molecule has 0 bridgehead atoms. The number of guanidine groups is 1. The van der Waals surface area contributed by atoms with Crippen LogP contribution in [0.25, 0.3) is 0 Å². The van der Waals surface area contributed by atoms with Crippen LogP contribution in [0.4, 0.5) is 0 Å². The predicted molar refractivity (Wildman–Crippen MR) is 52.1 cm³/mol. The van der Waals surface area contributed by atoms with E-state index in [1.807, 2.05) is 0 Å². The highest BCUT2D eigenvalue weighted by Crippen LogP contribution is 1.76. The number of hydrogen-bond acceptors (Lipinski definition) is 3. The Morgan fingerprint density at radius 1 is 1.50 bits per heavy atom. The molecule has 5 nitrogen and oxygen atoms in total. The zero-order valence-corrected chi connectivity index (χ0v) is 7.83. The van der Waals surface area contributed by atoms with Gasteiger partial charge in [0.05, 0.1) is 7.11 Å². The van der Waals surface area contributed by atoms with Crippen LogP contribution in [-0.4, -0.2) is 31.3 Å². The fraction of sp³-hybridized carbons (Fsp3) is 0.667. The fourth-order valence-electron chi connectivity index (χ4n) is 0.574. The maximum atomic E-state index is 6.85. The summed E-state index contributed by atoms with van der Waals surface area (Å²) in [6.07, 6.45) is 0.836. The first-order chi connectivity index (χ1) is 5.66. The number of nitrogens with two attached hydrogens (primary N) is 1. The maximum Gasteiger partial charge on any atom is 0.256 e. The summed E-state index contributed by atoms with van der Waals surface area (Å²) in [6, 6.07) is 0. The standard InChI is InChI=1S/C6H14N4OS/c1-11-6(12)10-4-2-3-9-5(7)8/h2-4H2,1H3,(H,10,12)(H4,7,8,9). The second kappa shape index (κ2) is 6.66. The minimum atomic E-state index is -0.00989. The highest BCUT2D eigenvalue weighted by molar-refractivity contribution is 7.80. The fourth-order valence-corrected chi connectivity index (χ4v) is 0.676. The summed E-state index contributed by atoms with van der Waals surface area (Å²) in [5.74, 6) is -0.00989. The van der Waals surface area contributed by atoms with Gasteiger partial charge in [0.25, 0.3) is 5.17 Å². The average molecular weight is 190 g/mol. The van der Waals surface area contributed by atoms with E-state index < -0.39 is 0 Å². The second-order valence-corrected chi connectivity index (χ2v) is 2.48. The average Bonchev–Trinajstić information content (AvgIpc) is 2.03. The van der Waals surface area contributed by atoms with Gasteiger partial charge in [-0.2, -0.15) is 0 Å². The van der Waals surface area contributed by atoms with Gasteiger partial charge in [0.1, 0.15) is 0 Å². The van der Waals surface area contributed by atoms with Crippen LogP contribution < -0.4 is 16.4 Å². The smallest absolute Gasteiger partial charge is 0.256 e. The minimum Gasteiger partial charge on any atom is -0.474 e. The molecule has 0 aromatic rings. The molecular weight excluding hydrogens is 176 g/mol. The van der Waals surface area contributed by atoms with Gasteiger partial charge in [-0.25, -0.2) is 0 Å². The zero-order chi connectivity index (χ0) is 9.40. The van der Waals surface area contributed by atoms with E-state index in [1.165, 1.54) is 7.11 Å². The minimum absolute atomic E-state index is 0.00989. The molecule has 0 aliphatic carbocycles. The molecule has 0 aromatic heterocycles. The van der Waals surface area contributed by atoms with E-state index >= 15 is 0 Å². The molecule has 0 fully saturated rings. The molecule has 0 atom stereocenters. The summed E-state index contributed by atoms with van der Waals surface area (Å²) < 4.78 is 4.71. The lowest BCUT2D eigenvalue weighted by atomic mass is 10.4. The van der Waals surface area contributed by atoms with Gasteiger partial charge < -0.3 is 21.1 Å². The van der Waals surface area contributed by atoms with E-state index in [4.69, 9.17) is 28.1 Å². The maximum absolute atomic E-state index is 6.85. The van der Waals surface area contributed by atoms with Gasteiger partial charge in [-0.05, 0) is 18.6 Å². The first kappa shape index (κ1) is 11.0. The van der Waals surface area contributed by atoms with Gasteiger partial charge in [0.15, 0.2) is 5.96 Å². The van der Waals surface area contributed by atoms with E-state index in [-0.39, 0.29) is 5.96 Å². The van der Waals surface area contributed by atoms with Gasteiger partial charge in [0.2, 0.25) is 0 Å². The third kappa shape index (κ3) is 7.07. The van der Waals surface area contributed by atoms with Crippen molar-refractivity contribution in [2.45, 2.75) is 6.42 Å². The molecule has 6 heteroatoms. The molecule has 0 aliphatic heterocycles. The normalized spacial score (nSPS) is 8.75. The predicted octanol–water partition coefficient (Wildman–Crippen LogP) is -0.620. The lowest BCUT2D eigenvalue weighted by Crippen LogP contribution is -2.33. The van der Waals surface area contributed by atoms with Crippen LogP contribution >= 0.6 is 12.2 Å². The number of nitrogens with one attached hydrogen (secondary N) is 3. The molecule has 0 aromatic carbocycles. The van der Waals surface area contributed by atoms with Gasteiger partial charge in [0, 0.05) is 13.1 Å². The quantitative estimate of drug-likeness (QED) is 0.205. The highest BCUT2D eigenvalue weighted by atomic mass is 32.1. The van der Waals surface area contributed by atoms with Crippen LogP contribution in [0, 0.1) is 5.41 Å². The highest BCUT2D eigenvalue weighted by Gasteiger charge is 1.92. The van der Waals surface area contributed by atoms with Gasteiger partial charge >= 0.3 is 0 Å². The molecule has 5 N–H and O–H groups in total. The van der Waals surface area contributed by atoms with Crippen LogP contribution in [0.3, 0.4) is 0 Å². The molecule has 70 valence electrons. The van der Waals surface area contributed by atoms with E-state index in [1.54, 1.807) is 0 Å². The molecule has 0 saturated heterocycles. The van der Waals surface area contributed by atoms with Crippen molar-refractivity contribution >= 4 is 23.4 Å². The number of thiocarbonyl (C=S) groups is 1. The van der Waals surface area contributed by atoms with Crippen LogP contribution in [0.1, 0.15) is 6.42 Å². The van der Waals surface area contributed by atoms with E-state index in [9.17, 15) is 0 Å². The van der Waals surface area contributed by atoms with Crippen molar-refractivity contribution in [3.8, 4) is 0 Å². The largest absolute Gasteiger partial charge is 0.474 e. The van der Waals surface area contributed by atoms with Crippen LogP contribution in [0.2, 0.25) is 0 Å². The molecule has 0 radical (unpaired) electrons. The van der Waals surface area contributed by atoms with Crippen molar-refractivity contribution in [3.05, 3.63) is 0 Å². The summed E-state index contributed by atoms with van der Waals surface area (Å²) >= 11 is 4.74. The lowest BCUT2D eigenvalue weighted by Gasteiger charge is -2.06. The van der Waals surface area contributed by atoms with Crippen LogP contribution in [0.5, 0.6) is 0 Å². The molecule has 0 unspecified atom stereocenters. The molecule has 0 amide bonds. The van der Waals surface area contributed by atoms with Crippen LogP contribution in [0.15, 0.2) is 0 Å². The molecule has 0 rings (SSSR count). The Bertz CT molecular complexity index is 162. The zero-order valence-electron chi connectivity index (χ0n) is 7.02. The van der Waals surface area contributed by atoms with Gasteiger partial charge in [-0.1, -0.05) is 0 Å². The Morgan fingerprint density at radius 3 is 2.58 bits per heavy atom. The Labute approximate surface area is 77.2 Å².